The van der Waals surface area contributed by atoms with E-state index in [0.717, 1.165) is 18.7 Å². The van der Waals surface area contributed by atoms with Crippen LogP contribution in [0.25, 0.3) is 0 Å². The molecule has 0 spiro atoms. The molecule has 0 saturated carbocycles. The lowest BCUT2D eigenvalue weighted by Crippen LogP contribution is -2.15. The average molecular weight is 255 g/mol. The van der Waals surface area contributed by atoms with Gasteiger partial charge >= 0.3 is 0 Å². The standard InChI is InChI=1S/C16H21N3/c1-2-12-8-9-14-15(12)19-16(18-14)13(17)10-11-6-4-3-5-7-11/h3-7,12-13H,2,8-10,17H2,1H3,(H,18,19)/t12?,13-/m1/s1. The van der Waals surface area contributed by atoms with Gasteiger partial charge in [-0.05, 0) is 31.2 Å². The Morgan fingerprint density at radius 1 is 1.37 bits per heavy atom. The fourth-order valence-corrected chi connectivity index (χ4v) is 2.97. The summed E-state index contributed by atoms with van der Waals surface area (Å²) in [6.07, 6.45) is 4.37. The molecule has 3 nitrogen and oxygen atoms in total. The summed E-state index contributed by atoms with van der Waals surface area (Å²) in [5, 5.41) is 0. The Bertz CT molecular complexity index is 544. The third-order valence-corrected chi connectivity index (χ3v) is 4.10. The van der Waals surface area contributed by atoms with Crippen LogP contribution in [0.1, 0.15) is 54.5 Å². The van der Waals surface area contributed by atoms with Crippen LogP contribution < -0.4 is 5.73 Å². The van der Waals surface area contributed by atoms with Crippen LogP contribution in [0.3, 0.4) is 0 Å². The number of nitrogens with one attached hydrogen (secondary N) is 1. The second-order valence-electron chi connectivity index (χ2n) is 5.43. The predicted molar refractivity (Wildman–Crippen MR) is 77.0 cm³/mol. The summed E-state index contributed by atoms with van der Waals surface area (Å²) in [6, 6.07) is 10.3. The molecular formula is C16H21N3. The van der Waals surface area contributed by atoms with Crippen molar-refractivity contribution < 1.29 is 0 Å². The first kappa shape index (κ1) is 12.4. The summed E-state index contributed by atoms with van der Waals surface area (Å²) in [5.41, 5.74) is 10.1. The minimum Gasteiger partial charge on any atom is -0.344 e. The number of fused-ring (bicyclic) bond motifs is 1. The Kier molecular flexibility index (Phi) is 3.38. The van der Waals surface area contributed by atoms with E-state index in [1.807, 2.05) is 6.07 Å². The topological polar surface area (TPSA) is 54.7 Å². The highest BCUT2D eigenvalue weighted by Crippen LogP contribution is 2.34. The van der Waals surface area contributed by atoms with Gasteiger partial charge in [0.05, 0.1) is 11.7 Å². The number of nitrogens with zero attached hydrogens (tertiary/aromatic N) is 1. The van der Waals surface area contributed by atoms with Crippen LogP contribution in [0.2, 0.25) is 0 Å². The lowest BCUT2D eigenvalue weighted by molar-refractivity contribution is 0.618. The molecule has 3 heteroatoms. The maximum absolute atomic E-state index is 6.28. The van der Waals surface area contributed by atoms with Crippen LogP contribution in [-0.4, -0.2) is 9.97 Å². The fraction of sp³-hybridized carbons (Fsp3) is 0.438. The number of H-pyrrole nitrogens is 1. The van der Waals surface area contributed by atoms with Crippen LogP contribution >= 0.6 is 0 Å². The first-order chi connectivity index (χ1) is 9.28. The number of aromatic nitrogens is 2. The van der Waals surface area contributed by atoms with Gasteiger partial charge in [0.25, 0.3) is 0 Å². The zero-order valence-corrected chi connectivity index (χ0v) is 11.4. The predicted octanol–water partition coefficient (Wildman–Crippen LogP) is 3.09. The molecule has 1 aromatic carbocycles. The summed E-state index contributed by atoms with van der Waals surface area (Å²) < 4.78 is 0. The number of aryl methyl sites for hydroxylation is 1. The molecule has 1 heterocycles. The lowest BCUT2D eigenvalue weighted by atomic mass is 10.0. The molecule has 0 amide bonds. The van der Waals surface area contributed by atoms with Gasteiger partial charge in [0.1, 0.15) is 5.82 Å². The largest absolute Gasteiger partial charge is 0.344 e. The molecular weight excluding hydrogens is 234 g/mol. The third-order valence-electron chi connectivity index (χ3n) is 4.10. The Labute approximate surface area is 114 Å². The minimum absolute atomic E-state index is 0.0366. The number of hydrogen-bond donors (Lipinski definition) is 2. The summed E-state index contributed by atoms with van der Waals surface area (Å²) in [7, 11) is 0. The number of hydrogen-bond acceptors (Lipinski definition) is 2. The molecule has 0 radical (unpaired) electrons. The van der Waals surface area contributed by atoms with Gasteiger partial charge in [0.15, 0.2) is 0 Å². The van der Waals surface area contributed by atoms with Crippen molar-refractivity contribution in [2.75, 3.05) is 0 Å². The van der Waals surface area contributed by atoms with Gasteiger partial charge in [-0.25, -0.2) is 4.98 Å². The van der Waals surface area contributed by atoms with Crippen LogP contribution in [0.15, 0.2) is 30.3 Å². The monoisotopic (exact) mass is 255 g/mol. The zero-order chi connectivity index (χ0) is 13.2. The maximum atomic E-state index is 6.28. The van der Waals surface area contributed by atoms with Crippen LogP contribution in [-0.2, 0) is 12.8 Å². The zero-order valence-electron chi connectivity index (χ0n) is 11.4. The molecule has 3 N–H and O–H groups in total. The molecule has 2 aromatic rings. The fourth-order valence-electron chi connectivity index (χ4n) is 2.97. The first-order valence-electron chi connectivity index (χ1n) is 7.16. The molecule has 1 aliphatic rings. The SMILES string of the molecule is CCC1CCc2[nH]c([C@H](N)Cc3ccccc3)nc21. The molecule has 1 aromatic heterocycles. The van der Waals surface area contributed by atoms with Crippen LogP contribution in [0, 0.1) is 0 Å². The lowest BCUT2D eigenvalue weighted by Gasteiger charge is -2.10. The molecule has 0 fully saturated rings. The van der Waals surface area contributed by atoms with Gasteiger partial charge in [-0.3, -0.25) is 0 Å². The van der Waals surface area contributed by atoms with E-state index >= 15 is 0 Å². The highest BCUT2D eigenvalue weighted by Gasteiger charge is 2.26. The van der Waals surface area contributed by atoms with Crippen molar-refractivity contribution in [3.63, 3.8) is 0 Å². The Balaban J connectivity index is 1.76. The summed E-state index contributed by atoms with van der Waals surface area (Å²) in [6.45, 7) is 2.23. The van der Waals surface area contributed by atoms with Crippen molar-refractivity contribution in [3.8, 4) is 0 Å². The van der Waals surface area contributed by atoms with Crippen molar-refractivity contribution in [1.29, 1.82) is 0 Å². The first-order valence-corrected chi connectivity index (χ1v) is 7.16. The van der Waals surface area contributed by atoms with Gasteiger partial charge in [-0.1, -0.05) is 37.3 Å². The highest BCUT2D eigenvalue weighted by molar-refractivity contribution is 5.26. The van der Waals surface area contributed by atoms with Crippen molar-refractivity contribution >= 4 is 0 Å². The van der Waals surface area contributed by atoms with E-state index in [1.165, 1.54) is 29.8 Å². The quantitative estimate of drug-likeness (QED) is 0.882. The molecule has 0 bridgehead atoms. The van der Waals surface area contributed by atoms with Gasteiger partial charge in [0, 0.05) is 11.6 Å². The van der Waals surface area contributed by atoms with E-state index in [2.05, 4.69) is 36.2 Å². The molecule has 2 atom stereocenters. The molecule has 100 valence electrons. The third kappa shape index (κ3) is 2.43. The Morgan fingerprint density at radius 3 is 2.89 bits per heavy atom. The van der Waals surface area contributed by atoms with Crippen molar-refractivity contribution in [2.24, 2.45) is 5.73 Å². The van der Waals surface area contributed by atoms with E-state index in [4.69, 9.17) is 10.7 Å². The van der Waals surface area contributed by atoms with Crippen LogP contribution in [0.5, 0.6) is 0 Å². The van der Waals surface area contributed by atoms with Gasteiger partial charge < -0.3 is 10.7 Å². The second kappa shape index (κ2) is 5.17. The molecule has 1 unspecified atom stereocenters. The summed E-state index contributed by atoms with van der Waals surface area (Å²) in [4.78, 5) is 8.20. The number of rotatable bonds is 4. The highest BCUT2D eigenvalue weighted by atomic mass is 15.0. The Morgan fingerprint density at radius 2 is 2.16 bits per heavy atom. The van der Waals surface area contributed by atoms with E-state index in [9.17, 15) is 0 Å². The molecule has 1 aliphatic carbocycles. The number of imidazole rings is 1. The molecule has 3 rings (SSSR count). The molecule has 0 aliphatic heterocycles. The molecule has 19 heavy (non-hydrogen) atoms. The van der Waals surface area contributed by atoms with Gasteiger partial charge in [-0.2, -0.15) is 0 Å². The molecule has 0 saturated heterocycles. The van der Waals surface area contributed by atoms with E-state index in [0.29, 0.717) is 5.92 Å². The van der Waals surface area contributed by atoms with E-state index in [1.54, 1.807) is 0 Å². The smallest absolute Gasteiger partial charge is 0.123 e. The maximum Gasteiger partial charge on any atom is 0.123 e. The number of aromatic amines is 1. The second-order valence-corrected chi connectivity index (χ2v) is 5.43. The van der Waals surface area contributed by atoms with Gasteiger partial charge in [0.2, 0.25) is 0 Å². The Hall–Kier alpha value is -1.61. The number of nitrogens with two attached hydrogens (primary N) is 1. The van der Waals surface area contributed by atoms with Crippen molar-refractivity contribution in [3.05, 3.63) is 53.1 Å². The van der Waals surface area contributed by atoms with Crippen LogP contribution in [0.4, 0.5) is 0 Å². The number of benzene rings is 1. The van der Waals surface area contributed by atoms with Crippen molar-refractivity contribution in [1.82, 2.24) is 9.97 Å². The van der Waals surface area contributed by atoms with E-state index in [-0.39, 0.29) is 6.04 Å². The van der Waals surface area contributed by atoms with E-state index < -0.39 is 0 Å². The summed E-state index contributed by atoms with van der Waals surface area (Å²) >= 11 is 0. The van der Waals surface area contributed by atoms with Crippen molar-refractivity contribution in [2.45, 2.75) is 44.6 Å². The normalized spacial score (nSPS) is 19.4. The summed E-state index contributed by atoms with van der Waals surface area (Å²) in [5.74, 6) is 1.58. The minimum atomic E-state index is -0.0366. The average Bonchev–Trinajstić information content (AvgIpc) is 2.99. The van der Waals surface area contributed by atoms with Gasteiger partial charge in [-0.15, -0.1) is 0 Å².